The number of fused-ring (bicyclic) bond motifs is 1. The van der Waals surface area contributed by atoms with Gasteiger partial charge in [0.25, 0.3) is 5.56 Å². The fraction of sp³-hybridized carbons (Fsp3) is 0.267. The summed E-state index contributed by atoms with van der Waals surface area (Å²) in [5.41, 5.74) is 4.87. The van der Waals surface area contributed by atoms with E-state index in [2.05, 4.69) is 57.5 Å². The summed E-state index contributed by atoms with van der Waals surface area (Å²) in [6, 6.07) is 26.2. The van der Waals surface area contributed by atoms with E-state index >= 15 is 0 Å². The average molecular weight is 509 g/mol. The van der Waals surface area contributed by atoms with Crippen LogP contribution in [0, 0.1) is 6.92 Å². The number of rotatable bonds is 10. The number of pyridine rings is 1. The number of hydrogen-bond donors (Lipinski definition) is 1. The van der Waals surface area contributed by atoms with E-state index in [4.69, 9.17) is 4.74 Å². The fourth-order valence-electron chi connectivity index (χ4n) is 4.87. The molecular formula is C30H32N6O2. The molecule has 194 valence electrons. The topological polar surface area (TPSA) is 88.9 Å². The predicted molar refractivity (Wildman–Crippen MR) is 148 cm³/mol. The standard InChI is InChI=1S/C30H32N6O2/c1-4-28(29-32-33-34-36(29)19-23-11-13-26(38-3)14-12-23)35(18-22-8-6-5-7-9-22)20-25-17-24-16-21(2)10-15-27(24)31-30(25)37/h5-17,28H,4,18-20H2,1-3H3,(H,31,37). The molecule has 0 spiro atoms. The summed E-state index contributed by atoms with van der Waals surface area (Å²) in [5, 5.41) is 13.8. The lowest BCUT2D eigenvalue weighted by atomic mass is 10.1. The highest BCUT2D eigenvalue weighted by Crippen LogP contribution is 2.27. The number of nitrogens with one attached hydrogen (secondary N) is 1. The number of aromatic amines is 1. The number of aromatic nitrogens is 5. The predicted octanol–water partition coefficient (Wildman–Crippen LogP) is 5.03. The molecule has 1 N–H and O–H groups in total. The van der Waals surface area contributed by atoms with E-state index in [9.17, 15) is 4.79 Å². The molecule has 0 aliphatic heterocycles. The normalized spacial score (nSPS) is 12.2. The van der Waals surface area contributed by atoms with Crippen molar-refractivity contribution in [2.24, 2.45) is 0 Å². The Hall–Kier alpha value is -4.30. The minimum atomic E-state index is -0.101. The lowest BCUT2D eigenvalue weighted by Crippen LogP contribution is -2.32. The maximum Gasteiger partial charge on any atom is 0.252 e. The van der Waals surface area contributed by atoms with Gasteiger partial charge in [0, 0.05) is 24.2 Å². The first-order valence-corrected chi connectivity index (χ1v) is 12.8. The second kappa shape index (κ2) is 11.4. The molecule has 1 atom stereocenters. The molecule has 8 nitrogen and oxygen atoms in total. The smallest absolute Gasteiger partial charge is 0.252 e. The molecule has 0 amide bonds. The Kier molecular flexibility index (Phi) is 7.60. The summed E-state index contributed by atoms with van der Waals surface area (Å²) in [5.74, 6) is 1.58. The summed E-state index contributed by atoms with van der Waals surface area (Å²) in [6.45, 7) is 5.84. The summed E-state index contributed by atoms with van der Waals surface area (Å²) < 4.78 is 7.14. The SMILES string of the molecule is CCC(c1nnnn1Cc1ccc(OC)cc1)N(Cc1ccccc1)Cc1cc2cc(C)ccc2[nH]c1=O. The van der Waals surface area contributed by atoms with Crippen molar-refractivity contribution < 1.29 is 4.74 Å². The molecule has 2 aromatic heterocycles. The fourth-order valence-corrected chi connectivity index (χ4v) is 4.87. The van der Waals surface area contributed by atoms with Crippen LogP contribution in [0.4, 0.5) is 0 Å². The maximum atomic E-state index is 13.1. The van der Waals surface area contributed by atoms with Crippen molar-refractivity contribution >= 4 is 10.9 Å². The largest absolute Gasteiger partial charge is 0.497 e. The third-order valence-corrected chi connectivity index (χ3v) is 6.86. The highest BCUT2D eigenvalue weighted by molar-refractivity contribution is 5.79. The van der Waals surface area contributed by atoms with Crippen LogP contribution in [0.25, 0.3) is 10.9 Å². The minimum Gasteiger partial charge on any atom is -0.497 e. The van der Waals surface area contributed by atoms with Crippen LogP contribution in [-0.4, -0.2) is 37.2 Å². The summed E-state index contributed by atoms with van der Waals surface area (Å²) in [6.07, 6.45) is 0.778. The molecule has 0 aliphatic carbocycles. The number of nitrogens with zero attached hydrogens (tertiary/aromatic N) is 5. The number of H-pyrrole nitrogens is 1. The average Bonchev–Trinajstić information content (AvgIpc) is 3.38. The van der Waals surface area contributed by atoms with Gasteiger partial charge >= 0.3 is 0 Å². The molecule has 5 aromatic rings. The van der Waals surface area contributed by atoms with Gasteiger partial charge in [0.15, 0.2) is 5.82 Å². The van der Waals surface area contributed by atoms with E-state index in [-0.39, 0.29) is 11.6 Å². The number of aryl methyl sites for hydroxylation is 1. The summed E-state index contributed by atoms with van der Waals surface area (Å²) in [7, 11) is 1.66. The van der Waals surface area contributed by atoms with Gasteiger partial charge in [-0.2, -0.15) is 0 Å². The van der Waals surface area contributed by atoms with E-state index in [1.165, 1.54) is 0 Å². The monoisotopic (exact) mass is 508 g/mol. The van der Waals surface area contributed by atoms with Gasteiger partial charge in [0.1, 0.15) is 5.75 Å². The Bertz CT molecular complexity index is 1560. The van der Waals surface area contributed by atoms with E-state index in [0.717, 1.165) is 45.6 Å². The number of hydrogen-bond acceptors (Lipinski definition) is 6. The van der Waals surface area contributed by atoms with Crippen LogP contribution in [-0.2, 0) is 19.6 Å². The van der Waals surface area contributed by atoms with E-state index in [0.29, 0.717) is 25.2 Å². The van der Waals surface area contributed by atoms with Crippen LogP contribution in [0.1, 0.15) is 47.5 Å². The lowest BCUT2D eigenvalue weighted by molar-refractivity contribution is 0.161. The Labute approximate surface area is 221 Å². The first-order valence-electron chi connectivity index (χ1n) is 12.8. The molecular weight excluding hydrogens is 476 g/mol. The third kappa shape index (κ3) is 5.65. The van der Waals surface area contributed by atoms with Gasteiger partial charge < -0.3 is 9.72 Å². The summed E-state index contributed by atoms with van der Waals surface area (Å²) >= 11 is 0. The molecule has 2 heterocycles. The van der Waals surface area contributed by atoms with Crippen molar-refractivity contribution in [1.82, 2.24) is 30.1 Å². The molecule has 0 saturated carbocycles. The van der Waals surface area contributed by atoms with Gasteiger partial charge in [-0.15, -0.1) is 5.10 Å². The van der Waals surface area contributed by atoms with Crippen LogP contribution >= 0.6 is 0 Å². The van der Waals surface area contributed by atoms with Crippen LogP contribution in [0.5, 0.6) is 5.75 Å². The zero-order valence-corrected chi connectivity index (χ0v) is 22.0. The van der Waals surface area contributed by atoms with Crippen molar-refractivity contribution in [1.29, 1.82) is 0 Å². The number of tetrazole rings is 1. The van der Waals surface area contributed by atoms with E-state index in [1.54, 1.807) is 7.11 Å². The van der Waals surface area contributed by atoms with Gasteiger partial charge in [0.05, 0.1) is 19.7 Å². The van der Waals surface area contributed by atoms with Crippen molar-refractivity contribution in [2.75, 3.05) is 7.11 Å². The molecule has 0 saturated heterocycles. The molecule has 5 rings (SSSR count). The molecule has 3 aromatic carbocycles. The van der Waals surface area contributed by atoms with Gasteiger partial charge in [-0.3, -0.25) is 9.69 Å². The maximum absolute atomic E-state index is 13.1. The number of ether oxygens (including phenoxy) is 1. The second-order valence-electron chi connectivity index (χ2n) is 9.57. The molecule has 8 heteroatoms. The zero-order chi connectivity index (χ0) is 26.5. The van der Waals surface area contributed by atoms with Gasteiger partial charge in [-0.05, 0) is 70.6 Å². The molecule has 0 bridgehead atoms. The quantitative estimate of drug-likeness (QED) is 0.285. The van der Waals surface area contributed by atoms with Crippen LogP contribution < -0.4 is 10.3 Å². The van der Waals surface area contributed by atoms with Crippen molar-refractivity contribution in [3.05, 3.63) is 117 Å². The highest BCUT2D eigenvalue weighted by atomic mass is 16.5. The van der Waals surface area contributed by atoms with Crippen molar-refractivity contribution in [3.63, 3.8) is 0 Å². The first kappa shape index (κ1) is 25.4. The third-order valence-electron chi connectivity index (χ3n) is 6.86. The molecule has 0 aliphatic rings. The van der Waals surface area contributed by atoms with Crippen molar-refractivity contribution in [3.8, 4) is 5.75 Å². The Morgan fingerprint density at radius 3 is 2.50 bits per heavy atom. The summed E-state index contributed by atoms with van der Waals surface area (Å²) in [4.78, 5) is 18.5. The lowest BCUT2D eigenvalue weighted by Gasteiger charge is -2.30. The second-order valence-corrected chi connectivity index (χ2v) is 9.57. The molecule has 0 radical (unpaired) electrons. The molecule has 38 heavy (non-hydrogen) atoms. The molecule has 0 fully saturated rings. The minimum absolute atomic E-state index is 0.0768. The van der Waals surface area contributed by atoms with Gasteiger partial charge in [-0.1, -0.05) is 61.0 Å². The Balaban J connectivity index is 1.50. The Morgan fingerprint density at radius 2 is 1.76 bits per heavy atom. The van der Waals surface area contributed by atoms with Crippen LogP contribution in [0.15, 0.2) is 83.7 Å². The number of benzene rings is 3. The highest BCUT2D eigenvalue weighted by Gasteiger charge is 2.26. The van der Waals surface area contributed by atoms with E-state index in [1.807, 2.05) is 65.3 Å². The zero-order valence-electron chi connectivity index (χ0n) is 22.0. The molecule has 1 unspecified atom stereocenters. The van der Waals surface area contributed by atoms with Gasteiger partial charge in [-0.25, -0.2) is 4.68 Å². The van der Waals surface area contributed by atoms with Crippen LogP contribution in [0.2, 0.25) is 0 Å². The number of methoxy groups -OCH3 is 1. The van der Waals surface area contributed by atoms with Crippen LogP contribution in [0.3, 0.4) is 0 Å². The van der Waals surface area contributed by atoms with Gasteiger partial charge in [0.2, 0.25) is 0 Å². The Morgan fingerprint density at radius 1 is 0.974 bits per heavy atom. The first-order chi connectivity index (χ1) is 18.5. The van der Waals surface area contributed by atoms with E-state index < -0.39 is 0 Å². The van der Waals surface area contributed by atoms with Crippen molar-refractivity contribution in [2.45, 2.75) is 45.9 Å².